The molecule has 2 aliphatic rings. The van der Waals surface area contributed by atoms with Crippen LogP contribution in [-0.4, -0.2) is 48.1 Å². The van der Waals surface area contributed by atoms with E-state index >= 15 is 0 Å². The Morgan fingerprint density at radius 2 is 2.03 bits per heavy atom. The van der Waals surface area contributed by atoms with Crippen molar-refractivity contribution in [2.75, 3.05) is 27.3 Å². The molecule has 1 unspecified atom stereocenters. The van der Waals surface area contributed by atoms with Crippen molar-refractivity contribution < 1.29 is 14.3 Å². The molecular formula is C23H29N3O3. The Hall–Kier alpha value is -2.63. The number of likely N-dealkylation sites (tertiary alicyclic amines) is 1. The van der Waals surface area contributed by atoms with Gasteiger partial charge in [-0.2, -0.15) is 0 Å². The van der Waals surface area contributed by atoms with Crippen LogP contribution in [0.4, 0.5) is 0 Å². The molecule has 6 nitrogen and oxygen atoms in total. The van der Waals surface area contributed by atoms with E-state index in [4.69, 9.17) is 14.5 Å². The quantitative estimate of drug-likeness (QED) is 0.778. The first-order valence-corrected chi connectivity index (χ1v) is 10.4. The van der Waals surface area contributed by atoms with E-state index < -0.39 is 0 Å². The van der Waals surface area contributed by atoms with Crippen molar-refractivity contribution >= 4 is 5.91 Å². The van der Waals surface area contributed by atoms with Gasteiger partial charge >= 0.3 is 0 Å². The summed E-state index contributed by atoms with van der Waals surface area (Å²) >= 11 is 0. The smallest absolute Gasteiger partial charge is 0.222 e. The molecule has 0 bridgehead atoms. The Labute approximate surface area is 172 Å². The summed E-state index contributed by atoms with van der Waals surface area (Å²) < 4.78 is 10.7. The lowest BCUT2D eigenvalue weighted by Gasteiger charge is -2.40. The molecule has 1 aliphatic heterocycles. The van der Waals surface area contributed by atoms with Gasteiger partial charge < -0.3 is 14.4 Å². The fourth-order valence-electron chi connectivity index (χ4n) is 4.82. The van der Waals surface area contributed by atoms with Crippen molar-refractivity contribution in [3.63, 3.8) is 0 Å². The van der Waals surface area contributed by atoms with E-state index in [9.17, 15) is 4.79 Å². The maximum Gasteiger partial charge on any atom is 0.222 e. The Bertz CT molecular complexity index is 910. The van der Waals surface area contributed by atoms with Crippen LogP contribution in [0.3, 0.4) is 0 Å². The Morgan fingerprint density at radius 3 is 2.83 bits per heavy atom. The second-order valence-corrected chi connectivity index (χ2v) is 8.18. The zero-order valence-electron chi connectivity index (χ0n) is 17.5. The van der Waals surface area contributed by atoms with Crippen LogP contribution >= 0.6 is 0 Å². The van der Waals surface area contributed by atoms with Gasteiger partial charge in [0.1, 0.15) is 5.82 Å². The summed E-state index contributed by atoms with van der Waals surface area (Å²) in [6.07, 6.45) is 7.40. The SMILES string of the molecule is COc1ccc(CCC(=O)N2CCCC3(CCc4cnc(C)nc43)C2)cc1OC. The van der Waals surface area contributed by atoms with Crippen molar-refractivity contribution in [2.24, 2.45) is 0 Å². The Morgan fingerprint density at radius 1 is 1.21 bits per heavy atom. The molecule has 154 valence electrons. The maximum absolute atomic E-state index is 13.0. The highest BCUT2D eigenvalue weighted by molar-refractivity contribution is 5.77. The summed E-state index contributed by atoms with van der Waals surface area (Å²) in [5.41, 5.74) is 3.54. The molecule has 0 N–H and O–H groups in total. The summed E-state index contributed by atoms with van der Waals surface area (Å²) in [5.74, 6) is 2.45. The summed E-state index contributed by atoms with van der Waals surface area (Å²) in [6, 6.07) is 5.85. The van der Waals surface area contributed by atoms with E-state index in [1.807, 2.05) is 31.3 Å². The van der Waals surface area contributed by atoms with Crippen LogP contribution in [0.1, 0.15) is 48.3 Å². The molecule has 6 heteroatoms. The average molecular weight is 396 g/mol. The second-order valence-electron chi connectivity index (χ2n) is 8.18. The van der Waals surface area contributed by atoms with Gasteiger partial charge in [-0.15, -0.1) is 0 Å². The van der Waals surface area contributed by atoms with Gasteiger partial charge in [0, 0.05) is 31.1 Å². The van der Waals surface area contributed by atoms with Crippen LogP contribution in [-0.2, 0) is 23.1 Å². The predicted molar refractivity (Wildman–Crippen MR) is 110 cm³/mol. The molecule has 1 amide bonds. The topological polar surface area (TPSA) is 64.5 Å². The average Bonchev–Trinajstić information content (AvgIpc) is 3.08. The standard InChI is InChI=1S/C23H29N3O3/c1-16-24-14-18-9-11-23(22(18)25-16)10-4-12-26(15-23)21(27)8-6-17-5-7-19(28-2)20(13-17)29-3/h5,7,13-14H,4,6,8-12,15H2,1-3H3. The van der Waals surface area contributed by atoms with Gasteiger partial charge in [-0.3, -0.25) is 4.79 Å². The number of fused-ring (bicyclic) bond motifs is 2. The molecule has 29 heavy (non-hydrogen) atoms. The molecule has 2 aromatic rings. The third-order valence-electron chi connectivity index (χ3n) is 6.37. The zero-order chi connectivity index (χ0) is 20.4. The van der Waals surface area contributed by atoms with E-state index in [0.717, 1.165) is 50.2 Å². The Balaban J connectivity index is 1.43. The van der Waals surface area contributed by atoms with Crippen molar-refractivity contribution in [3.8, 4) is 11.5 Å². The lowest BCUT2D eigenvalue weighted by Crippen LogP contribution is -2.48. The first-order chi connectivity index (χ1) is 14.0. The van der Waals surface area contributed by atoms with Crippen LogP contribution in [0.15, 0.2) is 24.4 Å². The summed E-state index contributed by atoms with van der Waals surface area (Å²) in [5, 5.41) is 0. The molecule has 4 rings (SSSR count). The number of amides is 1. The number of rotatable bonds is 5. The minimum atomic E-state index is 0.0142. The number of benzene rings is 1. The van der Waals surface area contributed by atoms with Gasteiger partial charge in [-0.1, -0.05) is 6.07 Å². The van der Waals surface area contributed by atoms with Crippen LogP contribution in [0, 0.1) is 6.92 Å². The molecule has 2 heterocycles. The number of aromatic nitrogens is 2. The number of hydrogen-bond donors (Lipinski definition) is 0. The number of methoxy groups -OCH3 is 2. The van der Waals surface area contributed by atoms with E-state index in [-0.39, 0.29) is 11.3 Å². The second kappa shape index (κ2) is 8.01. The number of ether oxygens (including phenoxy) is 2. The number of piperidine rings is 1. The van der Waals surface area contributed by atoms with Gasteiger partial charge in [0.05, 0.1) is 19.9 Å². The molecular weight excluding hydrogens is 366 g/mol. The molecule has 1 spiro atoms. The summed E-state index contributed by atoms with van der Waals surface area (Å²) in [4.78, 5) is 24.2. The number of aryl methyl sites for hydroxylation is 3. The zero-order valence-corrected chi connectivity index (χ0v) is 17.5. The minimum absolute atomic E-state index is 0.0142. The maximum atomic E-state index is 13.0. The lowest BCUT2D eigenvalue weighted by atomic mass is 9.77. The van der Waals surface area contributed by atoms with Crippen LogP contribution in [0.2, 0.25) is 0 Å². The third-order valence-corrected chi connectivity index (χ3v) is 6.37. The highest BCUT2D eigenvalue weighted by Gasteiger charge is 2.44. The Kier molecular flexibility index (Phi) is 5.43. The first-order valence-electron chi connectivity index (χ1n) is 10.4. The van der Waals surface area contributed by atoms with Gasteiger partial charge in [0.15, 0.2) is 11.5 Å². The lowest BCUT2D eigenvalue weighted by molar-refractivity contribution is -0.133. The molecule has 1 saturated heterocycles. The molecule has 1 fully saturated rings. The molecule has 0 saturated carbocycles. The van der Waals surface area contributed by atoms with E-state index in [2.05, 4.69) is 9.88 Å². The van der Waals surface area contributed by atoms with Crippen molar-refractivity contribution in [1.29, 1.82) is 0 Å². The van der Waals surface area contributed by atoms with Crippen LogP contribution in [0.5, 0.6) is 11.5 Å². The third kappa shape index (κ3) is 3.80. The number of carbonyl (C=O) groups is 1. The highest BCUT2D eigenvalue weighted by atomic mass is 16.5. The van der Waals surface area contributed by atoms with Crippen molar-refractivity contribution in [2.45, 2.75) is 50.9 Å². The number of carbonyl (C=O) groups excluding carboxylic acids is 1. The van der Waals surface area contributed by atoms with Gasteiger partial charge in [0.25, 0.3) is 0 Å². The largest absolute Gasteiger partial charge is 0.493 e. The van der Waals surface area contributed by atoms with Gasteiger partial charge in [-0.05, 0) is 62.3 Å². The minimum Gasteiger partial charge on any atom is -0.493 e. The van der Waals surface area contributed by atoms with E-state index in [1.165, 1.54) is 11.3 Å². The number of nitrogens with zero attached hydrogens (tertiary/aromatic N) is 3. The predicted octanol–water partition coefficient (Wildman–Crippen LogP) is 3.24. The van der Waals surface area contributed by atoms with E-state index in [1.54, 1.807) is 14.2 Å². The summed E-state index contributed by atoms with van der Waals surface area (Å²) in [7, 11) is 3.26. The van der Waals surface area contributed by atoms with Crippen LogP contribution in [0.25, 0.3) is 0 Å². The van der Waals surface area contributed by atoms with Crippen molar-refractivity contribution in [1.82, 2.24) is 14.9 Å². The highest BCUT2D eigenvalue weighted by Crippen LogP contribution is 2.44. The fraction of sp³-hybridized carbons (Fsp3) is 0.522. The molecule has 1 aromatic carbocycles. The summed E-state index contributed by atoms with van der Waals surface area (Å²) in [6.45, 7) is 3.56. The monoisotopic (exact) mass is 395 g/mol. The van der Waals surface area contributed by atoms with Gasteiger partial charge in [0.2, 0.25) is 5.91 Å². The normalized spacial score (nSPS) is 20.6. The van der Waals surface area contributed by atoms with Gasteiger partial charge in [-0.25, -0.2) is 9.97 Å². The van der Waals surface area contributed by atoms with E-state index in [0.29, 0.717) is 24.3 Å². The molecule has 1 atom stereocenters. The molecule has 0 radical (unpaired) electrons. The molecule has 1 aromatic heterocycles. The number of hydrogen-bond acceptors (Lipinski definition) is 5. The first kappa shape index (κ1) is 19.7. The van der Waals surface area contributed by atoms with Crippen LogP contribution < -0.4 is 9.47 Å². The van der Waals surface area contributed by atoms with Crippen molar-refractivity contribution in [3.05, 3.63) is 47.0 Å². The molecule has 1 aliphatic carbocycles. The fourth-order valence-corrected chi connectivity index (χ4v) is 4.82.